The predicted octanol–water partition coefficient (Wildman–Crippen LogP) is 2.47. The van der Waals surface area contributed by atoms with Gasteiger partial charge in [0.2, 0.25) is 0 Å². The van der Waals surface area contributed by atoms with Gasteiger partial charge < -0.3 is 9.53 Å². The van der Waals surface area contributed by atoms with Gasteiger partial charge in [-0.2, -0.15) is 0 Å². The van der Waals surface area contributed by atoms with Crippen LogP contribution in [0.15, 0.2) is 30.3 Å². The third-order valence-electron chi connectivity index (χ3n) is 1.94. The van der Waals surface area contributed by atoms with Crippen LogP contribution in [0.3, 0.4) is 0 Å². The lowest BCUT2D eigenvalue weighted by Gasteiger charge is -2.02. The third-order valence-corrected chi connectivity index (χ3v) is 1.94. The topological polar surface area (TPSA) is 43.4 Å². The van der Waals surface area contributed by atoms with Gasteiger partial charge in [-0.1, -0.05) is 24.3 Å². The minimum Gasteiger partial charge on any atom is -0.462 e. The molecule has 84 valence electrons. The van der Waals surface area contributed by atoms with Gasteiger partial charge in [-0.3, -0.25) is 0 Å². The molecular weight excluding hydrogens is 204 g/mol. The molecule has 0 aromatic heterocycles. The molecule has 0 atom stereocenters. The van der Waals surface area contributed by atoms with Crippen molar-refractivity contribution in [1.29, 1.82) is 0 Å². The van der Waals surface area contributed by atoms with E-state index in [2.05, 4.69) is 0 Å². The van der Waals surface area contributed by atoms with Crippen molar-refractivity contribution >= 4 is 18.3 Å². The number of carbonyl (C=O) groups excluding carboxylic acids is 2. The summed E-state index contributed by atoms with van der Waals surface area (Å²) in [4.78, 5) is 21.6. The summed E-state index contributed by atoms with van der Waals surface area (Å²) < 4.78 is 4.89. The molecule has 0 fully saturated rings. The molecule has 0 aliphatic carbocycles. The molecular formula is C13H14O3. The van der Waals surface area contributed by atoms with Crippen LogP contribution in [0.2, 0.25) is 0 Å². The zero-order valence-corrected chi connectivity index (χ0v) is 9.18. The smallest absolute Gasteiger partial charge is 0.338 e. The maximum Gasteiger partial charge on any atom is 0.338 e. The van der Waals surface area contributed by atoms with E-state index in [0.717, 1.165) is 11.8 Å². The molecule has 1 aromatic rings. The molecule has 3 nitrogen and oxygen atoms in total. The molecule has 0 bridgehead atoms. The van der Waals surface area contributed by atoms with E-state index in [-0.39, 0.29) is 5.97 Å². The number of allylic oxidation sites excluding steroid dienone is 1. The number of carbonyl (C=O) groups is 2. The largest absolute Gasteiger partial charge is 0.462 e. The number of ether oxygens (including phenoxy) is 1. The standard InChI is InChI=1S/C13H14O3/c1-2-16-13(15)12-8-5-7-11(10-12)6-3-4-9-14/h3,5-10H,2,4H2,1H3. The van der Waals surface area contributed by atoms with Crippen molar-refractivity contribution in [2.75, 3.05) is 6.61 Å². The molecule has 0 amide bonds. The monoisotopic (exact) mass is 218 g/mol. The van der Waals surface area contributed by atoms with Crippen LogP contribution in [0.4, 0.5) is 0 Å². The van der Waals surface area contributed by atoms with Gasteiger partial charge in [0.25, 0.3) is 0 Å². The van der Waals surface area contributed by atoms with Crippen LogP contribution in [-0.2, 0) is 9.53 Å². The van der Waals surface area contributed by atoms with Crippen molar-refractivity contribution < 1.29 is 14.3 Å². The minimum atomic E-state index is -0.326. The van der Waals surface area contributed by atoms with E-state index in [1.807, 2.05) is 6.07 Å². The van der Waals surface area contributed by atoms with Gasteiger partial charge in [0, 0.05) is 6.42 Å². The Morgan fingerprint density at radius 2 is 2.25 bits per heavy atom. The summed E-state index contributed by atoms with van der Waals surface area (Å²) in [5, 5.41) is 0. The Labute approximate surface area is 94.7 Å². The van der Waals surface area contributed by atoms with Crippen LogP contribution < -0.4 is 0 Å². The molecule has 3 heteroatoms. The first-order chi connectivity index (χ1) is 7.77. The summed E-state index contributed by atoms with van der Waals surface area (Å²) in [5.41, 5.74) is 1.41. The summed E-state index contributed by atoms with van der Waals surface area (Å²) in [6, 6.07) is 7.09. The molecule has 0 aliphatic rings. The summed E-state index contributed by atoms with van der Waals surface area (Å²) in [7, 11) is 0. The molecule has 0 heterocycles. The van der Waals surface area contributed by atoms with Gasteiger partial charge in [-0.05, 0) is 24.6 Å². The van der Waals surface area contributed by atoms with Crippen LogP contribution in [0.5, 0.6) is 0 Å². The third kappa shape index (κ3) is 3.69. The fourth-order valence-corrected chi connectivity index (χ4v) is 1.24. The lowest BCUT2D eigenvalue weighted by atomic mass is 10.1. The Hall–Kier alpha value is -1.90. The normalized spacial score (nSPS) is 10.3. The highest BCUT2D eigenvalue weighted by Crippen LogP contribution is 2.08. The second-order valence-corrected chi connectivity index (χ2v) is 3.15. The summed E-state index contributed by atoms with van der Waals surface area (Å²) >= 11 is 0. The molecule has 0 spiro atoms. The molecule has 0 radical (unpaired) electrons. The number of hydrogen-bond acceptors (Lipinski definition) is 3. The Bertz CT molecular complexity index is 394. The first kappa shape index (κ1) is 12.2. The highest BCUT2D eigenvalue weighted by atomic mass is 16.5. The van der Waals surface area contributed by atoms with Gasteiger partial charge in [-0.15, -0.1) is 0 Å². The Morgan fingerprint density at radius 3 is 2.94 bits per heavy atom. The van der Waals surface area contributed by atoms with E-state index in [1.54, 1.807) is 37.3 Å². The fraction of sp³-hybridized carbons (Fsp3) is 0.231. The zero-order chi connectivity index (χ0) is 11.8. The van der Waals surface area contributed by atoms with Crippen LogP contribution in [0.1, 0.15) is 29.3 Å². The first-order valence-electron chi connectivity index (χ1n) is 5.15. The summed E-state index contributed by atoms with van der Waals surface area (Å²) in [5.74, 6) is -0.326. The zero-order valence-electron chi connectivity index (χ0n) is 9.18. The van der Waals surface area contributed by atoms with Crippen LogP contribution in [-0.4, -0.2) is 18.9 Å². The molecule has 1 aromatic carbocycles. The van der Waals surface area contributed by atoms with Crippen molar-refractivity contribution in [2.24, 2.45) is 0 Å². The van der Waals surface area contributed by atoms with Gasteiger partial charge in [0.15, 0.2) is 0 Å². The van der Waals surface area contributed by atoms with E-state index in [1.165, 1.54) is 0 Å². The highest BCUT2D eigenvalue weighted by Gasteiger charge is 2.05. The minimum absolute atomic E-state index is 0.326. The Kier molecular flexibility index (Phi) is 4.99. The number of rotatable bonds is 5. The maximum absolute atomic E-state index is 11.4. The maximum atomic E-state index is 11.4. The van der Waals surface area contributed by atoms with Crippen molar-refractivity contribution in [1.82, 2.24) is 0 Å². The Balaban J connectivity index is 2.78. The van der Waals surface area contributed by atoms with Gasteiger partial charge in [0.1, 0.15) is 6.29 Å². The van der Waals surface area contributed by atoms with Gasteiger partial charge in [0.05, 0.1) is 12.2 Å². The SMILES string of the molecule is CCOC(=O)c1cccc(C=CCC=O)c1. The van der Waals surface area contributed by atoms with Gasteiger partial charge >= 0.3 is 5.97 Å². The molecule has 0 saturated heterocycles. The van der Waals surface area contributed by atoms with Crippen molar-refractivity contribution in [3.63, 3.8) is 0 Å². The molecule has 1 rings (SSSR count). The van der Waals surface area contributed by atoms with Crippen LogP contribution >= 0.6 is 0 Å². The number of hydrogen-bond donors (Lipinski definition) is 0. The lowest BCUT2D eigenvalue weighted by molar-refractivity contribution is -0.107. The second kappa shape index (κ2) is 6.56. The van der Waals surface area contributed by atoms with Crippen LogP contribution in [0, 0.1) is 0 Å². The molecule has 0 N–H and O–H groups in total. The quantitative estimate of drug-likeness (QED) is 0.563. The molecule has 0 unspecified atom stereocenters. The summed E-state index contributed by atoms with van der Waals surface area (Å²) in [6.07, 6.45) is 4.75. The van der Waals surface area contributed by atoms with E-state index >= 15 is 0 Å². The molecule has 0 aliphatic heterocycles. The van der Waals surface area contributed by atoms with Gasteiger partial charge in [-0.25, -0.2) is 4.79 Å². The van der Waals surface area contributed by atoms with E-state index in [0.29, 0.717) is 18.6 Å². The Morgan fingerprint density at radius 1 is 1.44 bits per heavy atom. The highest BCUT2D eigenvalue weighted by molar-refractivity contribution is 5.90. The number of aldehydes is 1. The summed E-state index contributed by atoms with van der Waals surface area (Å²) in [6.45, 7) is 2.13. The van der Waals surface area contributed by atoms with E-state index in [4.69, 9.17) is 4.74 Å². The number of esters is 1. The molecule has 16 heavy (non-hydrogen) atoms. The predicted molar refractivity (Wildman–Crippen MR) is 62.1 cm³/mol. The van der Waals surface area contributed by atoms with Crippen molar-refractivity contribution in [2.45, 2.75) is 13.3 Å². The average molecular weight is 218 g/mol. The van der Waals surface area contributed by atoms with E-state index < -0.39 is 0 Å². The van der Waals surface area contributed by atoms with Crippen LogP contribution in [0.25, 0.3) is 6.08 Å². The van der Waals surface area contributed by atoms with E-state index in [9.17, 15) is 9.59 Å². The van der Waals surface area contributed by atoms with Crippen molar-refractivity contribution in [3.05, 3.63) is 41.5 Å². The van der Waals surface area contributed by atoms with Crippen molar-refractivity contribution in [3.8, 4) is 0 Å². The lowest BCUT2D eigenvalue weighted by Crippen LogP contribution is -2.04. The number of benzene rings is 1. The first-order valence-corrected chi connectivity index (χ1v) is 5.15. The average Bonchev–Trinajstić information content (AvgIpc) is 2.30. The fourth-order valence-electron chi connectivity index (χ4n) is 1.24. The molecule has 0 saturated carbocycles. The second-order valence-electron chi connectivity index (χ2n) is 3.15.